The molecule has 15 heavy (non-hydrogen) atoms. The Labute approximate surface area is 93.5 Å². The van der Waals surface area contributed by atoms with E-state index in [1.165, 1.54) is 11.1 Å². The standard InChI is InChI=1S/C14H22O/c1-5-8-15-14-7-6-13(9-11(2)3)10-12(14)4/h6-7,10-11H,5,8-9H2,1-4H3. The number of rotatable bonds is 5. The fourth-order valence-corrected chi connectivity index (χ4v) is 1.68. The average Bonchev–Trinajstić information content (AvgIpc) is 2.15. The van der Waals surface area contributed by atoms with E-state index in [0.29, 0.717) is 5.92 Å². The van der Waals surface area contributed by atoms with E-state index in [4.69, 9.17) is 4.74 Å². The molecular formula is C14H22O. The van der Waals surface area contributed by atoms with Crippen molar-refractivity contribution in [2.75, 3.05) is 6.61 Å². The molecule has 1 aromatic carbocycles. The molecule has 0 N–H and O–H groups in total. The Kier molecular flexibility index (Phi) is 4.67. The maximum Gasteiger partial charge on any atom is 0.122 e. The van der Waals surface area contributed by atoms with Gasteiger partial charge in [-0.2, -0.15) is 0 Å². The van der Waals surface area contributed by atoms with Crippen LogP contribution in [0.4, 0.5) is 0 Å². The second-order valence-corrected chi connectivity index (χ2v) is 4.55. The molecule has 1 heteroatoms. The molecule has 0 atom stereocenters. The monoisotopic (exact) mass is 206 g/mol. The maximum atomic E-state index is 5.65. The molecule has 1 rings (SSSR count). The highest BCUT2D eigenvalue weighted by Crippen LogP contribution is 2.20. The molecule has 0 saturated heterocycles. The lowest BCUT2D eigenvalue weighted by Crippen LogP contribution is -1.99. The summed E-state index contributed by atoms with van der Waals surface area (Å²) in [6.45, 7) is 9.55. The zero-order chi connectivity index (χ0) is 11.3. The van der Waals surface area contributed by atoms with Crippen molar-refractivity contribution in [2.24, 2.45) is 5.92 Å². The van der Waals surface area contributed by atoms with Crippen molar-refractivity contribution in [3.05, 3.63) is 29.3 Å². The van der Waals surface area contributed by atoms with Crippen LogP contribution >= 0.6 is 0 Å². The first-order valence-electron chi connectivity index (χ1n) is 5.85. The van der Waals surface area contributed by atoms with Gasteiger partial charge < -0.3 is 4.74 Å². The zero-order valence-electron chi connectivity index (χ0n) is 10.3. The number of hydrogen-bond acceptors (Lipinski definition) is 1. The first-order chi connectivity index (χ1) is 7.13. The van der Waals surface area contributed by atoms with Gasteiger partial charge in [-0.3, -0.25) is 0 Å². The minimum Gasteiger partial charge on any atom is -0.493 e. The SMILES string of the molecule is CCCOc1ccc(CC(C)C)cc1C. The van der Waals surface area contributed by atoms with Gasteiger partial charge in [0.25, 0.3) is 0 Å². The van der Waals surface area contributed by atoms with Gasteiger partial charge in [0.05, 0.1) is 6.61 Å². The van der Waals surface area contributed by atoms with Gasteiger partial charge in [0.1, 0.15) is 5.75 Å². The van der Waals surface area contributed by atoms with Gasteiger partial charge in [0, 0.05) is 0 Å². The van der Waals surface area contributed by atoms with Crippen LogP contribution in [0.2, 0.25) is 0 Å². The lowest BCUT2D eigenvalue weighted by atomic mass is 10.0. The highest BCUT2D eigenvalue weighted by molar-refractivity contribution is 5.36. The predicted molar refractivity (Wildman–Crippen MR) is 65.5 cm³/mol. The molecule has 0 aliphatic heterocycles. The molecule has 0 bridgehead atoms. The van der Waals surface area contributed by atoms with Gasteiger partial charge in [-0.05, 0) is 42.9 Å². The van der Waals surface area contributed by atoms with Crippen molar-refractivity contribution in [2.45, 2.75) is 40.5 Å². The molecule has 0 aliphatic rings. The Morgan fingerprint density at radius 1 is 1.27 bits per heavy atom. The van der Waals surface area contributed by atoms with Crippen molar-refractivity contribution in [3.8, 4) is 5.75 Å². The van der Waals surface area contributed by atoms with Crippen LogP contribution in [0.3, 0.4) is 0 Å². The number of hydrogen-bond donors (Lipinski definition) is 0. The van der Waals surface area contributed by atoms with Gasteiger partial charge >= 0.3 is 0 Å². The van der Waals surface area contributed by atoms with E-state index < -0.39 is 0 Å². The third-order valence-corrected chi connectivity index (χ3v) is 2.34. The van der Waals surface area contributed by atoms with Gasteiger partial charge in [-0.25, -0.2) is 0 Å². The fraction of sp³-hybridized carbons (Fsp3) is 0.571. The summed E-state index contributed by atoms with van der Waals surface area (Å²) < 4.78 is 5.65. The van der Waals surface area contributed by atoms with Crippen LogP contribution in [0.15, 0.2) is 18.2 Å². The summed E-state index contributed by atoms with van der Waals surface area (Å²) in [6.07, 6.45) is 2.21. The minimum absolute atomic E-state index is 0.715. The molecule has 1 nitrogen and oxygen atoms in total. The van der Waals surface area contributed by atoms with E-state index >= 15 is 0 Å². The lowest BCUT2D eigenvalue weighted by Gasteiger charge is -2.11. The summed E-state index contributed by atoms with van der Waals surface area (Å²) in [7, 11) is 0. The van der Waals surface area contributed by atoms with Crippen LogP contribution < -0.4 is 4.74 Å². The third kappa shape index (κ3) is 3.94. The molecule has 0 spiro atoms. The highest BCUT2D eigenvalue weighted by atomic mass is 16.5. The second-order valence-electron chi connectivity index (χ2n) is 4.55. The topological polar surface area (TPSA) is 9.23 Å². The van der Waals surface area contributed by atoms with Crippen LogP contribution in [0.5, 0.6) is 5.75 Å². The van der Waals surface area contributed by atoms with Crippen LogP contribution in [-0.2, 0) is 6.42 Å². The first kappa shape index (κ1) is 12.1. The molecule has 0 fully saturated rings. The van der Waals surface area contributed by atoms with Crippen molar-refractivity contribution in [1.82, 2.24) is 0 Å². The first-order valence-corrected chi connectivity index (χ1v) is 5.85. The molecule has 0 amide bonds. The molecular weight excluding hydrogens is 184 g/mol. The van der Waals surface area contributed by atoms with Crippen molar-refractivity contribution in [1.29, 1.82) is 0 Å². The van der Waals surface area contributed by atoms with Crippen LogP contribution in [0.25, 0.3) is 0 Å². The Bertz CT molecular complexity index is 302. The van der Waals surface area contributed by atoms with Crippen LogP contribution in [0, 0.1) is 12.8 Å². The van der Waals surface area contributed by atoms with E-state index in [1.54, 1.807) is 0 Å². The summed E-state index contributed by atoms with van der Waals surface area (Å²) in [5.41, 5.74) is 2.66. The Balaban J connectivity index is 2.69. The second kappa shape index (κ2) is 5.79. The van der Waals surface area contributed by atoms with E-state index in [0.717, 1.165) is 25.2 Å². The number of aryl methyl sites for hydroxylation is 1. The molecule has 0 unspecified atom stereocenters. The molecule has 0 saturated carbocycles. The van der Waals surface area contributed by atoms with Gasteiger partial charge in [-0.1, -0.05) is 32.9 Å². The fourth-order valence-electron chi connectivity index (χ4n) is 1.68. The third-order valence-electron chi connectivity index (χ3n) is 2.34. The average molecular weight is 206 g/mol. The van der Waals surface area contributed by atoms with Crippen LogP contribution in [-0.4, -0.2) is 6.61 Å². The molecule has 0 radical (unpaired) electrons. The Morgan fingerprint density at radius 2 is 2.00 bits per heavy atom. The van der Waals surface area contributed by atoms with E-state index in [2.05, 4.69) is 45.9 Å². The largest absolute Gasteiger partial charge is 0.493 e. The zero-order valence-corrected chi connectivity index (χ0v) is 10.3. The predicted octanol–water partition coefficient (Wildman–Crippen LogP) is 3.98. The summed E-state index contributed by atoms with van der Waals surface area (Å²) in [5, 5.41) is 0. The highest BCUT2D eigenvalue weighted by Gasteiger charge is 2.02. The van der Waals surface area contributed by atoms with E-state index in [1.807, 2.05) is 0 Å². The van der Waals surface area contributed by atoms with E-state index in [-0.39, 0.29) is 0 Å². The summed E-state index contributed by atoms with van der Waals surface area (Å²) >= 11 is 0. The number of ether oxygens (including phenoxy) is 1. The Morgan fingerprint density at radius 3 is 2.53 bits per heavy atom. The van der Waals surface area contributed by atoms with Crippen molar-refractivity contribution in [3.63, 3.8) is 0 Å². The molecule has 0 aliphatic carbocycles. The van der Waals surface area contributed by atoms with Gasteiger partial charge in [0.2, 0.25) is 0 Å². The van der Waals surface area contributed by atoms with Gasteiger partial charge in [0.15, 0.2) is 0 Å². The molecule has 0 aromatic heterocycles. The summed E-state index contributed by atoms with van der Waals surface area (Å²) in [4.78, 5) is 0. The molecule has 0 heterocycles. The summed E-state index contributed by atoms with van der Waals surface area (Å²) in [6, 6.07) is 6.52. The molecule has 84 valence electrons. The van der Waals surface area contributed by atoms with Crippen molar-refractivity contribution < 1.29 is 4.74 Å². The van der Waals surface area contributed by atoms with E-state index in [9.17, 15) is 0 Å². The van der Waals surface area contributed by atoms with Crippen molar-refractivity contribution >= 4 is 0 Å². The minimum atomic E-state index is 0.715. The number of benzene rings is 1. The normalized spacial score (nSPS) is 10.7. The van der Waals surface area contributed by atoms with Gasteiger partial charge in [-0.15, -0.1) is 0 Å². The quantitative estimate of drug-likeness (QED) is 0.708. The summed E-state index contributed by atoms with van der Waals surface area (Å²) in [5.74, 6) is 1.75. The van der Waals surface area contributed by atoms with Crippen LogP contribution in [0.1, 0.15) is 38.3 Å². The Hall–Kier alpha value is -0.980. The lowest BCUT2D eigenvalue weighted by molar-refractivity contribution is 0.315. The maximum absolute atomic E-state index is 5.65. The smallest absolute Gasteiger partial charge is 0.122 e. The molecule has 1 aromatic rings.